The topological polar surface area (TPSA) is 101 Å². The number of halogens is 2. The molecule has 5 rings (SSSR count). The molecule has 9 heteroatoms. The van der Waals surface area contributed by atoms with Crippen LogP contribution in [-0.2, 0) is 16.1 Å². The normalized spacial score (nSPS) is 21.1. The highest BCUT2D eigenvalue weighted by molar-refractivity contribution is 5.91. The first kappa shape index (κ1) is 24.0. The number of aryl methyl sites for hydroxylation is 1. The SMILES string of the molecule is Cc1cc(C2CC2C(=O)N2CCC(F)(F)CC2)cc2cc(CNC(=O)/C=C/c3ccc(N)nc3)oc12. The quantitative estimate of drug-likeness (QED) is 0.495. The average Bonchev–Trinajstić information content (AvgIpc) is 3.54. The van der Waals surface area contributed by atoms with Crippen LogP contribution in [0.15, 0.2) is 47.0 Å². The van der Waals surface area contributed by atoms with Gasteiger partial charge in [-0.05, 0) is 66.3 Å². The van der Waals surface area contributed by atoms with Crippen LogP contribution < -0.4 is 11.1 Å². The van der Waals surface area contributed by atoms with Crippen molar-refractivity contribution in [3.63, 3.8) is 0 Å². The number of likely N-dealkylation sites (tertiary alicyclic amines) is 1. The molecule has 7 nitrogen and oxygen atoms in total. The van der Waals surface area contributed by atoms with E-state index >= 15 is 0 Å². The second kappa shape index (κ2) is 9.37. The molecule has 2 aliphatic rings. The first-order chi connectivity index (χ1) is 17.2. The number of hydrogen-bond acceptors (Lipinski definition) is 5. The number of carbonyl (C=O) groups excluding carboxylic acids is 2. The van der Waals surface area contributed by atoms with Gasteiger partial charge in [-0.3, -0.25) is 9.59 Å². The zero-order valence-corrected chi connectivity index (χ0v) is 20.0. The lowest BCUT2D eigenvalue weighted by molar-refractivity contribution is -0.138. The van der Waals surface area contributed by atoms with Crippen molar-refractivity contribution in [3.05, 3.63) is 65.1 Å². The molecule has 0 spiro atoms. The molecule has 2 unspecified atom stereocenters. The molecule has 2 atom stereocenters. The summed E-state index contributed by atoms with van der Waals surface area (Å²) in [7, 11) is 0. The maximum Gasteiger partial charge on any atom is 0.251 e. The molecule has 188 valence electrons. The Hall–Kier alpha value is -3.75. The zero-order chi connectivity index (χ0) is 25.4. The molecular formula is C27H28F2N4O3. The van der Waals surface area contributed by atoms with Crippen LogP contribution in [0.2, 0.25) is 0 Å². The second-order valence-electron chi connectivity index (χ2n) is 9.67. The van der Waals surface area contributed by atoms with Gasteiger partial charge < -0.3 is 20.4 Å². The number of nitrogens with zero attached hydrogens (tertiary/aromatic N) is 2. The van der Waals surface area contributed by atoms with Gasteiger partial charge >= 0.3 is 0 Å². The van der Waals surface area contributed by atoms with Gasteiger partial charge in [0, 0.05) is 49.5 Å². The number of rotatable bonds is 6. The van der Waals surface area contributed by atoms with E-state index < -0.39 is 5.92 Å². The molecule has 1 aliphatic carbocycles. The Bertz CT molecular complexity index is 1320. The molecule has 0 bridgehead atoms. The molecule has 3 N–H and O–H groups in total. The molecule has 2 aromatic heterocycles. The van der Waals surface area contributed by atoms with Gasteiger partial charge in [0.15, 0.2) is 0 Å². The summed E-state index contributed by atoms with van der Waals surface area (Å²) in [5, 5.41) is 3.72. The van der Waals surface area contributed by atoms with Crippen LogP contribution in [0.25, 0.3) is 17.0 Å². The first-order valence-electron chi connectivity index (χ1n) is 12.1. The minimum absolute atomic E-state index is 0.0216. The van der Waals surface area contributed by atoms with E-state index in [0.29, 0.717) is 11.6 Å². The molecule has 1 aliphatic heterocycles. The van der Waals surface area contributed by atoms with Crippen molar-refractivity contribution in [1.29, 1.82) is 0 Å². The minimum Gasteiger partial charge on any atom is -0.459 e. The maximum absolute atomic E-state index is 13.4. The number of carbonyl (C=O) groups is 2. The predicted molar refractivity (Wildman–Crippen MR) is 132 cm³/mol. The molecule has 0 radical (unpaired) electrons. The number of benzene rings is 1. The molecule has 3 heterocycles. The van der Waals surface area contributed by atoms with E-state index in [4.69, 9.17) is 10.2 Å². The Kier molecular flexibility index (Phi) is 6.24. The van der Waals surface area contributed by atoms with Gasteiger partial charge in [0.2, 0.25) is 11.8 Å². The number of furan rings is 1. The van der Waals surface area contributed by atoms with E-state index in [0.717, 1.165) is 34.1 Å². The van der Waals surface area contributed by atoms with E-state index in [1.54, 1.807) is 29.3 Å². The fourth-order valence-electron chi connectivity index (χ4n) is 4.76. The molecule has 3 aromatic rings. The van der Waals surface area contributed by atoms with Crippen LogP contribution >= 0.6 is 0 Å². The molecule has 1 saturated heterocycles. The number of nitrogens with one attached hydrogen (secondary N) is 1. The van der Waals surface area contributed by atoms with E-state index in [1.807, 2.05) is 25.1 Å². The summed E-state index contributed by atoms with van der Waals surface area (Å²) >= 11 is 0. The molecule has 1 saturated carbocycles. The number of piperidine rings is 1. The number of hydrogen-bond donors (Lipinski definition) is 2. The largest absolute Gasteiger partial charge is 0.459 e. The second-order valence-corrected chi connectivity index (χ2v) is 9.67. The standard InChI is InChI=1S/C27H28F2N4O3/c1-16-10-18(21-13-22(21)26(35)33-8-6-27(28,29)7-9-33)11-19-12-20(36-25(16)19)15-32-24(34)5-3-17-2-4-23(30)31-14-17/h2-5,10-12,14,21-22H,6-9,13,15H2,1H3,(H2,30,31)(H,32,34)/b5-3+. The van der Waals surface area contributed by atoms with Crippen molar-refractivity contribution in [2.75, 3.05) is 18.8 Å². The number of aromatic nitrogens is 1. The van der Waals surface area contributed by atoms with Crippen molar-refractivity contribution in [2.24, 2.45) is 5.92 Å². The summed E-state index contributed by atoms with van der Waals surface area (Å²) in [6.45, 7) is 2.43. The van der Waals surface area contributed by atoms with Gasteiger partial charge in [-0.2, -0.15) is 0 Å². The van der Waals surface area contributed by atoms with Crippen LogP contribution in [0, 0.1) is 12.8 Å². The lowest BCUT2D eigenvalue weighted by atomic mass is 10.0. The Balaban J connectivity index is 1.20. The fraction of sp³-hybridized carbons (Fsp3) is 0.370. The highest BCUT2D eigenvalue weighted by Crippen LogP contribution is 2.50. The van der Waals surface area contributed by atoms with E-state index in [2.05, 4.69) is 10.3 Å². The summed E-state index contributed by atoms with van der Waals surface area (Å²) in [6, 6.07) is 9.38. The molecule has 1 aromatic carbocycles. The molecule has 36 heavy (non-hydrogen) atoms. The van der Waals surface area contributed by atoms with Gasteiger partial charge in [0.1, 0.15) is 17.2 Å². The van der Waals surface area contributed by atoms with Crippen LogP contribution in [0.1, 0.15) is 47.6 Å². The molecule has 2 fully saturated rings. The number of fused-ring (bicyclic) bond motifs is 1. The van der Waals surface area contributed by atoms with Gasteiger partial charge in [-0.25, -0.2) is 13.8 Å². The number of pyridine rings is 1. The third kappa shape index (κ3) is 5.24. The van der Waals surface area contributed by atoms with Gasteiger partial charge in [-0.1, -0.05) is 6.07 Å². The zero-order valence-electron chi connectivity index (χ0n) is 20.0. The Labute approximate surface area is 207 Å². The van der Waals surface area contributed by atoms with E-state index in [1.165, 1.54) is 6.08 Å². The van der Waals surface area contributed by atoms with Crippen molar-refractivity contribution < 1.29 is 22.8 Å². The van der Waals surface area contributed by atoms with Crippen molar-refractivity contribution in [2.45, 2.75) is 44.6 Å². The van der Waals surface area contributed by atoms with Gasteiger partial charge in [0.05, 0.1) is 6.54 Å². The maximum atomic E-state index is 13.4. The Morgan fingerprint density at radius 3 is 2.75 bits per heavy atom. The third-order valence-corrected chi connectivity index (χ3v) is 6.89. The lowest BCUT2D eigenvalue weighted by Crippen LogP contribution is -2.43. The molecule has 2 amide bonds. The van der Waals surface area contributed by atoms with E-state index in [9.17, 15) is 18.4 Å². The van der Waals surface area contributed by atoms with Crippen LogP contribution in [-0.4, -0.2) is 40.7 Å². The van der Waals surface area contributed by atoms with Crippen LogP contribution in [0.3, 0.4) is 0 Å². The Morgan fingerprint density at radius 1 is 1.25 bits per heavy atom. The predicted octanol–water partition coefficient (Wildman–Crippen LogP) is 4.41. The summed E-state index contributed by atoms with van der Waals surface area (Å²) in [6.07, 6.45) is 4.87. The summed E-state index contributed by atoms with van der Waals surface area (Å²) < 4.78 is 32.8. The monoisotopic (exact) mass is 494 g/mol. The summed E-state index contributed by atoms with van der Waals surface area (Å²) in [5.41, 5.74) is 9.07. The number of nitrogens with two attached hydrogens (primary N) is 1. The lowest BCUT2D eigenvalue weighted by Gasteiger charge is -2.32. The van der Waals surface area contributed by atoms with Crippen molar-refractivity contribution >= 4 is 34.7 Å². The smallest absolute Gasteiger partial charge is 0.251 e. The van der Waals surface area contributed by atoms with E-state index in [-0.39, 0.29) is 56.1 Å². The summed E-state index contributed by atoms with van der Waals surface area (Å²) in [4.78, 5) is 30.6. The van der Waals surface area contributed by atoms with Crippen LogP contribution in [0.5, 0.6) is 0 Å². The highest BCUT2D eigenvalue weighted by atomic mass is 19.3. The van der Waals surface area contributed by atoms with Crippen molar-refractivity contribution in [1.82, 2.24) is 15.2 Å². The van der Waals surface area contributed by atoms with Crippen molar-refractivity contribution in [3.8, 4) is 0 Å². The average molecular weight is 495 g/mol. The number of nitrogen functional groups attached to an aromatic ring is 1. The highest BCUT2D eigenvalue weighted by Gasteiger charge is 2.47. The fourth-order valence-corrected chi connectivity index (χ4v) is 4.76. The first-order valence-corrected chi connectivity index (χ1v) is 12.1. The van der Waals surface area contributed by atoms with Gasteiger partial charge in [0.25, 0.3) is 5.92 Å². The third-order valence-electron chi connectivity index (χ3n) is 6.89. The van der Waals surface area contributed by atoms with Gasteiger partial charge in [-0.15, -0.1) is 0 Å². The number of amides is 2. The number of anilines is 1. The Morgan fingerprint density at radius 2 is 2.03 bits per heavy atom. The minimum atomic E-state index is -2.66. The van der Waals surface area contributed by atoms with Crippen LogP contribution in [0.4, 0.5) is 14.6 Å². The number of alkyl halides is 2. The molecular weight excluding hydrogens is 466 g/mol. The summed E-state index contributed by atoms with van der Waals surface area (Å²) in [5.74, 6) is -1.97.